The van der Waals surface area contributed by atoms with Crippen LogP contribution in [0.2, 0.25) is 0 Å². The average Bonchev–Trinajstić information content (AvgIpc) is 3.14. The summed E-state index contributed by atoms with van der Waals surface area (Å²) < 4.78 is 6.15. The van der Waals surface area contributed by atoms with Crippen molar-refractivity contribution in [2.45, 2.75) is 57.6 Å². The van der Waals surface area contributed by atoms with Crippen molar-refractivity contribution in [3.05, 3.63) is 0 Å². The van der Waals surface area contributed by atoms with E-state index in [2.05, 4.69) is 19.2 Å². The van der Waals surface area contributed by atoms with Gasteiger partial charge in [-0.25, -0.2) is 0 Å². The van der Waals surface area contributed by atoms with Crippen molar-refractivity contribution in [1.82, 2.24) is 5.32 Å². The molecule has 2 fully saturated rings. The topological polar surface area (TPSA) is 41.5 Å². The number of aliphatic hydroxyl groups is 1. The van der Waals surface area contributed by atoms with Gasteiger partial charge in [0.05, 0.1) is 24.9 Å². The summed E-state index contributed by atoms with van der Waals surface area (Å²) in [5, 5.41) is 13.0. The maximum Gasteiger partial charge on any atom is 0.0677 e. The number of ether oxygens (including phenoxy) is 1. The van der Waals surface area contributed by atoms with E-state index in [0.29, 0.717) is 18.6 Å². The van der Waals surface area contributed by atoms with Crippen LogP contribution in [0.4, 0.5) is 0 Å². The Balaban J connectivity index is 1.85. The zero-order valence-corrected chi connectivity index (χ0v) is 12.1. The molecule has 3 nitrogen and oxygen atoms in total. The van der Waals surface area contributed by atoms with Gasteiger partial charge in [-0.15, -0.1) is 0 Å². The van der Waals surface area contributed by atoms with E-state index in [9.17, 15) is 5.11 Å². The molecule has 0 amide bonds. The zero-order valence-electron chi connectivity index (χ0n) is 12.1. The van der Waals surface area contributed by atoms with Crippen molar-refractivity contribution in [2.75, 3.05) is 20.3 Å². The van der Waals surface area contributed by atoms with Crippen molar-refractivity contribution in [3.8, 4) is 0 Å². The van der Waals surface area contributed by atoms with Crippen LogP contribution in [0.1, 0.15) is 46.0 Å². The lowest BCUT2D eigenvalue weighted by molar-refractivity contribution is -0.0448. The molecule has 106 valence electrons. The molecule has 2 saturated carbocycles. The first-order valence-corrected chi connectivity index (χ1v) is 7.51. The molecule has 2 rings (SSSR count). The molecule has 2 aliphatic carbocycles. The van der Waals surface area contributed by atoms with Crippen molar-refractivity contribution >= 4 is 0 Å². The van der Waals surface area contributed by atoms with Gasteiger partial charge in [0.2, 0.25) is 0 Å². The monoisotopic (exact) mass is 255 g/mol. The third kappa shape index (κ3) is 3.25. The Kier molecular flexibility index (Phi) is 4.68. The largest absolute Gasteiger partial charge is 0.394 e. The first kappa shape index (κ1) is 14.3. The van der Waals surface area contributed by atoms with Gasteiger partial charge in [-0.2, -0.15) is 0 Å². The molecule has 0 bridgehead atoms. The minimum atomic E-state index is -0.191. The summed E-state index contributed by atoms with van der Waals surface area (Å²) in [6.45, 7) is 5.50. The van der Waals surface area contributed by atoms with E-state index in [1.165, 1.54) is 32.1 Å². The van der Waals surface area contributed by atoms with E-state index in [4.69, 9.17) is 4.74 Å². The molecule has 18 heavy (non-hydrogen) atoms. The van der Waals surface area contributed by atoms with Crippen LogP contribution < -0.4 is 5.32 Å². The van der Waals surface area contributed by atoms with E-state index in [1.54, 1.807) is 0 Å². The Labute approximate surface area is 111 Å². The second-order valence-corrected chi connectivity index (χ2v) is 6.69. The third-order valence-electron chi connectivity index (χ3n) is 4.85. The molecule has 0 spiro atoms. The van der Waals surface area contributed by atoms with Gasteiger partial charge < -0.3 is 15.2 Å². The van der Waals surface area contributed by atoms with Crippen LogP contribution in [0.15, 0.2) is 0 Å². The fraction of sp³-hybridized carbons (Fsp3) is 1.00. The van der Waals surface area contributed by atoms with Crippen LogP contribution in [-0.4, -0.2) is 37.0 Å². The summed E-state index contributed by atoms with van der Waals surface area (Å²) in [5.74, 6) is 2.15. The molecule has 3 unspecified atom stereocenters. The summed E-state index contributed by atoms with van der Waals surface area (Å²) in [4.78, 5) is 0. The normalized spacial score (nSPS) is 36.3. The van der Waals surface area contributed by atoms with E-state index < -0.39 is 0 Å². The summed E-state index contributed by atoms with van der Waals surface area (Å²) >= 11 is 0. The van der Waals surface area contributed by atoms with Crippen LogP contribution in [0.5, 0.6) is 0 Å². The van der Waals surface area contributed by atoms with Gasteiger partial charge >= 0.3 is 0 Å². The highest BCUT2D eigenvalue weighted by atomic mass is 16.5. The number of hydrogen-bond acceptors (Lipinski definition) is 3. The molecule has 0 saturated heterocycles. The maximum absolute atomic E-state index is 9.68. The highest BCUT2D eigenvalue weighted by molar-refractivity contribution is 5.00. The van der Waals surface area contributed by atoms with Crippen molar-refractivity contribution < 1.29 is 9.84 Å². The lowest BCUT2D eigenvalue weighted by Crippen LogP contribution is -2.53. The van der Waals surface area contributed by atoms with Gasteiger partial charge in [0.15, 0.2) is 0 Å². The Hall–Kier alpha value is -0.120. The minimum absolute atomic E-state index is 0.187. The van der Waals surface area contributed by atoms with Gasteiger partial charge in [-0.05, 0) is 56.9 Å². The fourth-order valence-electron chi connectivity index (χ4n) is 3.56. The smallest absolute Gasteiger partial charge is 0.0677 e. The lowest BCUT2D eigenvalue weighted by Gasteiger charge is -2.36. The standard InChI is InChI=1S/C15H29NO2/c1-11-6-12(2)8-14(7-11)18-10-15(9-17,16-3)13-4-5-13/h11-14,16-17H,4-10H2,1-3H3. The molecule has 3 heteroatoms. The van der Waals surface area contributed by atoms with E-state index in [0.717, 1.165) is 11.8 Å². The van der Waals surface area contributed by atoms with Crippen molar-refractivity contribution in [2.24, 2.45) is 17.8 Å². The zero-order chi connectivity index (χ0) is 13.2. The van der Waals surface area contributed by atoms with Crippen LogP contribution >= 0.6 is 0 Å². The SMILES string of the molecule is CNC(CO)(COC1CC(C)CC(C)C1)C1CC1. The Bertz CT molecular complexity index is 251. The Morgan fingerprint density at radius 3 is 2.22 bits per heavy atom. The molecule has 0 aromatic carbocycles. The summed E-state index contributed by atoms with van der Waals surface area (Å²) in [7, 11) is 1.95. The summed E-state index contributed by atoms with van der Waals surface area (Å²) in [5.41, 5.74) is -0.191. The molecule has 0 heterocycles. The molecule has 0 radical (unpaired) electrons. The minimum Gasteiger partial charge on any atom is -0.394 e. The third-order valence-corrected chi connectivity index (χ3v) is 4.85. The van der Waals surface area contributed by atoms with Crippen LogP contribution in [0.3, 0.4) is 0 Å². The van der Waals surface area contributed by atoms with Gasteiger partial charge in [0.25, 0.3) is 0 Å². The molecule has 2 N–H and O–H groups in total. The highest BCUT2D eigenvalue weighted by Gasteiger charge is 2.44. The first-order valence-electron chi connectivity index (χ1n) is 7.51. The number of aliphatic hydroxyl groups excluding tert-OH is 1. The molecule has 2 aliphatic rings. The number of hydrogen-bond donors (Lipinski definition) is 2. The fourth-order valence-corrected chi connectivity index (χ4v) is 3.56. The highest BCUT2D eigenvalue weighted by Crippen LogP contribution is 2.40. The molecular weight excluding hydrogens is 226 g/mol. The quantitative estimate of drug-likeness (QED) is 0.764. The van der Waals surface area contributed by atoms with Crippen LogP contribution in [-0.2, 0) is 4.74 Å². The van der Waals surface area contributed by atoms with E-state index in [-0.39, 0.29) is 12.1 Å². The molecule has 3 atom stereocenters. The summed E-state index contributed by atoms with van der Waals surface area (Å²) in [6.07, 6.45) is 6.53. The Morgan fingerprint density at radius 2 is 1.78 bits per heavy atom. The number of rotatable bonds is 6. The number of likely N-dealkylation sites (N-methyl/N-ethyl adjacent to an activating group) is 1. The second kappa shape index (κ2) is 5.89. The predicted octanol–water partition coefficient (Wildman–Crippen LogP) is 2.19. The summed E-state index contributed by atoms with van der Waals surface area (Å²) in [6, 6.07) is 0. The van der Waals surface area contributed by atoms with Gasteiger partial charge in [0.1, 0.15) is 0 Å². The second-order valence-electron chi connectivity index (χ2n) is 6.69. The van der Waals surface area contributed by atoms with Gasteiger partial charge in [-0.3, -0.25) is 0 Å². The Morgan fingerprint density at radius 1 is 1.17 bits per heavy atom. The van der Waals surface area contributed by atoms with Crippen molar-refractivity contribution in [1.29, 1.82) is 0 Å². The predicted molar refractivity (Wildman–Crippen MR) is 73.5 cm³/mol. The first-order chi connectivity index (χ1) is 8.59. The van der Waals surface area contributed by atoms with Crippen LogP contribution in [0, 0.1) is 17.8 Å². The molecule has 0 aliphatic heterocycles. The maximum atomic E-state index is 9.68. The van der Waals surface area contributed by atoms with Crippen molar-refractivity contribution in [3.63, 3.8) is 0 Å². The van der Waals surface area contributed by atoms with Gasteiger partial charge in [-0.1, -0.05) is 13.8 Å². The average molecular weight is 255 g/mol. The van der Waals surface area contributed by atoms with Crippen LogP contribution in [0.25, 0.3) is 0 Å². The van der Waals surface area contributed by atoms with E-state index >= 15 is 0 Å². The molecule has 0 aromatic heterocycles. The molecular formula is C15H29NO2. The lowest BCUT2D eigenvalue weighted by atomic mass is 9.81. The van der Waals surface area contributed by atoms with E-state index in [1.807, 2.05) is 7.05 Å². The number of nitrogens with one attached hydrogen (secondary N) is 1. The molecule has 0 aromatic rings. The van der Waals surface area contributed by atoms with Gasteiger partial charge in [0, 0.05) is 0 Å².